The minimum Gasteiger partial charge on any atom is -0.493 e. The van der Waals surface area contributed by atoms with Gasteiger partial charge in [0.1, 0.15) is 5.56 Å². The van der Waals surface area contributed by atoms with E-state index in [0.29, 0.717) is 11.3 Å². The summed E-state index contributed by atoms with van der Waals surface area (Å²) in [6.07, 6.45) is 0. The number of hydrogen-bond acceptors (Lipinski definition) is 4. The summed E-state index contributed by atoms with van der Waals surface area (Å²) in [7, 11) is 1.25. The van der Waals surface area contributed by atoms with E-state index in [1.54, 1.807) is 24.3 Å². The molecule has 0 atom stereocenters. The number of anilines is 1. The number of nitrogens with two attached hydrogens (primary N) is 1. The van der Waals surface area contributed by atoms with Gasteiger partial charge in [0.25, 0.3) is 5.69 Å². The average molecular weight is 262 g/mol. The summed E-state index contributed by atoms with van der Waals surface area (Å²) in [4.78, 5) is 10.5. The number of nitrogens with zero attached hydrogens (tertiary/aromatic N) is 1. The monoisotopic (exact) mass is 262 g/mol. The van der Waals surface area contributed by atoms with Gasteiger partial charge in [0.2, 0.25) is 0 Å². The highest BCUT2D eigenvalue weighted by Gasteiger charge is 2.24. The van der Waals surface area contributed by atoms with Crippen LogP contribution in [0.3, 0.4) is 0 Å². The smallest absolute Gasteiger partial charge is 0.281 e. The topological polar surface area (TPSA) is 78.4 Å². The van der Waals surface area contributed by atoms with E-state index in [2.05, 4.69) is 0 Å². The van der Waals surface area contributed by atoms with Crippen LogP contribution >= 0.6 is 0 Å². The van der Waals surface area contributed by atoms with Crippen LogP contribution in [0.1, 0.15) is 0 Å². The highest BCUT2D eigenvalue weighted by Crippen LogP contribution is 2.42. The van der Waals surface area contributed by atoms with Gasteiger partial charge in [0.05, 0.1) is 12.0 Å². The van der Waals surface area contributed by atoms with Gasteiger partial charge in [-0.3, -0.25) is 10.1 Å². The van der Waals surface area contributed by atoms with Crippen molar-refractivity contribution in [2.24, 2.45) is 0 Å². The summed E-state index contributed by atoms with van der Waals surface area (Å²) in [5.41, 5.74) is 6.27. The third-order valence-corrected chi connectivity index (χ3v) is 2.72. The Kier molecular flexibility index (Phi) is 3.33. The standard InChI is InChI=1S/C13H11FN2O3/c1-19-13-9(14)6-7-11(16(17)18)12(13)8-4-2-3-5-10(8)15/h2-7H,15H2,1H3. The molecule has 5 nitrogen and oxygen atoms in total. The number of benzene rings is 2. The first kappa shape index (κ1) is 12.8. The van der Waals surface area contributed by atoms with E-state index >= 15 is 0 Å². The van der Waals surface area contributed by atoms with Gasteiger partial charge in [0.15, 0.2) is 11.6 Å². The lowest BCUT2D eigenvalue weighted by Crippen LogP contribution is -2.00. The third kappa shape index (κ3) is 2.20. The van der Waals surface area contributed by atoms with Gasteiger partial charge < -0.3 is 10.5 Å². The minimum atomic E-state index is -0.675. The van der Waals surface area contributed by atoms with Crippen LogP contribution in [0.15, 0.2) is 36.4 Å². The predicted molar refractivity (Wildman–Crippen MR) is 69.5 cm³/mol. The number of halogens is 1. The molecular weight excluding hydrogens is 251 g/mol. The molecule has 2 aromatic rings. The first-order valence-corrected chi connectivity index (χ1v) is 5.42. The maximum atomic E-state index is 13.7. The maximum absolute atomic E-state index is 13.7. The Balaban J connectivity index is 2.83. The quantitative estimate of drug-likeness (QED) is 0.524. The first-order chi connectivity index (χ1) is 9.06. The number of methoxy groups -OCH3 is 1. The summed E-state index contributed by atoms with van der Waals surface area (Å²) in [5.74, 6) is -0.863. The molecule has 0 bridgehead atoms. The molecule has 98 valence electrons. The fourth-order valence-electron chi connectivity index (χ4n) is 1.88. The molecule has 2 aromatic carbocycles. The lowest BCUT2D eigenvalue weighted by molar-refractivity contribution is -0.384. The molecule has 6 heteroatoms. The predicted octanol–water partition coefficient (Wildman–Crippen LogP) is 2.99. The van der Waals surface area contributed by atoms with Gasteiger partial charge in [0, 0.05) is 17.3 Å². The fraction of sp³-hybridized carbons (Fsp3) is 0.0769. The van der Waals surface area contributed by atoms with Crippen molar-refractivity contribution in [2.45, 2.75) is 0 Å². The van der Waals surface area contributed by atoms with Crippen molar-refractivity contribution in [1.82, 2.24) is 0 Å². The molecule has 0 aromatic heterocycles. The van der Waals surface area contributed by atoms with Crippen LogP contribution in [0, 0.1) is 15.9 Å². The average Bonchev–Trinajstić information content (AvgIpc) is 2.38. The lowest BCUT2D eigenvalue weighted by atomic mass is 10.0. The van der Waals surface area contributed by atoms with Crippen molar-refractivity contribution in [3.05, 3.63) is 52.3 Å². The molecule has 0 fully saturated rings. The molecule has 0 saturated carbocycles. The van der Waals surface area contributed by atoms with Gasteiger partial charge >= 0.3 is 0 Å². The molecule has 0 spiro atoms. The molecule has 0 aliphatic rings. The zero-order valence-corrected chi connectivity index (χ0v) is 10.1. The van der Waals surface area contributed by atoms with Gasteiger partial charge in [-0.15, -0.1) is 0 Å². The van der Waals surface area contributed by atoms with E-state index in [1.807, 2.05) is 0 Å². The van der Waals surface area contributed by atoms with Crippen LogP contribution < -0.4 is 10.5 Å². The minimum absolute atomic E-state index is 0.0469. The molecule has 0 heterocycles. The summed E-state index contributed by atoms with van der Waals surface area (Å²) in [6, 6.07) is 8.62. The highest BCUT2D eigenvalue weighted by molar-refractivity contribution is 5.86. The van der Waals surface area contributed by atoms with Crippen molar-refractivity contribution in [2.75, 3.05) is 12.8 Å². The van der Waals surface area contributed by atoms with Crippen molar-refractivity contribution in [3.63, 3.8) is 0 Å². The maximum Gasteiger partial charge on any atom is 0.281 e. The molecule has 2 N–H and O–H groups in total. The normalized spacial score (nSPS) is 10.2. The van der Waals surface area contributed by atoms with Crippen LogP contribution in [-0.4, -0.2) is 12.0 Å². The third-order valence-electron chi connectivity index (χ3n) is 2.72. The van der Waals surface area contributed by atoms with E-state index in [4.69, 9.17) is 10.5 Å². The molecule has 0 aliphatic carbocycles. The van der Waals surface area contributed by atoms with Crippen molar-refractivity contribution in [1.29, 1.82) is 0 Å². The number of hydrogen-bond donors (Lipinski definition) is 1. The van der Waals surface area contributed by atoms with Crippen LogP contribution in [0.2, 0.25) is 0 Å². The zero-order chi connectivity index (χ0) is 14.0. The highest BCUT2D eigenvalue weighted by atomic mass is 19.1. The SMILES string of the molecule is COc1c(F)ccc([N+](=O)[O-])c1-c1ccccc1N. The second-order valence-electron chi connectivity index (χ2n) is 3.82. The second kappa shape index (κ2) is 4.93. The zero-order valence-electron chi connectivity index (χ0n) is 10.1. The van der Waals surface area contributed by atoms with Crippen LogP contribution in [-0.2, 0) is 0 Å². The molecule has 2 rings (SSSR count). The molecule has 19 heavy (non-hydrogen) atoms. The fourth-order valence-corrected chi connectivity index (χ4v) is 1.88. The van der Waals surface area contributed by atoms with E-state index in [1.165, 1.54) is 7.11 Å². The van der Waals surface area contributed by atoms with E-state index in [9.17, 15) is 14.5 Å². The molecule has 0 aliphatic heterocycles. The number of rotatable bonds is 3. The Labute approximate surface area is 108 Å². The number of nitrogen functional groups attached to an aromatic ring is 1. The molecule has 0 amide bonds. The van der Waals surface area contributed by atoms with Crippen molar-refractivity contribution >= 4 is 11.4 Å². The number of nitro benzene ring substituents is 1. The number of nitro groups is 1. The molecule has 0 unspecified atom stereocenters. The van der Waals surface area contributed by atoms with Crippen molar-refractivity contribution in [3.8, 4) is 16.9 Å². The summed E-state index contributed by atoms with van der Waals surface area (Å²) < 4.78 is 18.7. The van der Waals surface area contributed by atoms with E-state index < -0.39 is 10.7 Å². The molecule has 0 radical (unpaired) electrons. The van der Waals surface area contributed by atoms with Gasteiger partial charge in [-0.2, -0.15) is 0 Å². The Morgan fingerprint density at radius 2 is 1.95 bits per heavy atom. The molecular formula is C13H11FN2O3. The Hall–Kier alpha value is -2.63. The Morgan fingerprint density at radius 1 is 1.26 bits per heavy atom. The summed E-state index contributed by atoms with van der Waals surface area (Å²) in [6.45, 7) is 0. The van der Waals surface area contributed by atoms with Crippen LogP contribution in [0.25, 0.3) is 11.1 Å². The Bertz CT molecular complexity index is 644. The van der Waals surface area contributed by atoms with Crippen molar-refractivity contribution < 1.29 is 14.1 Å². The summed E-state index contributed by atoms with van der Waals surface area (Å²) in [5, 5.41) is 11.1. The first-order valence-electron chi connectivity index (χ1n) is 5.42. The van der Waals surface area contributed by atoms with E-state index in [0.717, 1.165) is 12.1 Å². The Morgan fingerprint density at radius 3 is 2.53 bits per heavy atom. The summed E-state index contributed by atoms with van der Waals surface area (Å²) >= 11 is 0. The number of para-hydroxylation sites is 1. The van der Waals surface area contributed by atoms with Crippen LogP contribution in [0.4, 0.5) is 15.8 Å². The van der Waals surface area contributed by atoms with Crippen LogP contribution in [0.5, 0.6) is 5.75 Å². The molecule has 0 saturated heterocycles. The van der Waals surface area contributed by atoms with Gasteiger partial charge in [-0.1, -0.05) is 18.2 Å². The second-order valence-corrected chi connectivity index (χ2v) is 3.82. The van der Waals surface area contributed by atoms with E-state index in [-0.39, 0.29) is 17.0 Å². The van der Waals surface area contributed by atoms with Gasteiger partial charge in [-0.25, -0.2) is 4.39 Å². The largest absolute Gasteiger partial charge is 0.493 e. The van der Waals surface area contributed by atoms with Gasteiger partial charge in [-0.05, 0) is 12.1 Å². The lowest BCUT2D eigenvalue weighted by Gasteiger charge is -2.11. The number of ether oxygens (including phenoxy) is 1.